The molecular weight excluding hydrogens is 218 g/mol. The molecule has 0 aliphatic rings. The lowest BCUT2D eigenvalue weighted by Crippen LogP contribution is -2.26. The average Bonchev–Trinajstić information content (AvgIpc) is 2.76. The summed E-state index contributed by atoms with van der Waals surface area (Å²) in [6, 6.07) is 4.80. The fraction of sp³-hybridized carbons (Fsp3) is 0.692. The van der Waals surface area contributed by atoms with Crippen molar-refractivity contribution in [1.82, 2.24) is 5.32 Å². The summed E-state index contributed by atoms with van der Waals surface area (Å²) in [5.41, 5.74) is 0. The van der Waals surface area contributed by atoms with Gasteiger partial charge in [0.1, 0.15) is 0 Å². The molecule has 2 N–H and O–H groups in total. The number of thiophene rings is 1. The topological polar surface area (TPSA) is 32.3 Å². The molecule has 1 unspecified atom stereocenters. The third-order valence-corrected chi connectivity index (χ3v) is 3.67. The zero-order valence-electron chi connectivity index (χ0n) is 10.3. The highest BCUT2D eigenvalue weighted by Gasteiger charge is 2.15. The highest BCUT2D eigenvalue weighted by atomic mass is 32.1. The molecule has 0 fully saturated rings. The quantitative estimate of drug-likeness (QED) is 0.685. The van der Waals surface area contributed by atoms with E-state index in [0.717, 1.165) is 25.8 Å². The number of unbranched alkanes of at least 4 members (excludes halogenated alkanes) is 2. The number of nitrogens with one attached hydrogen (secondary N) is 1. The minimum Gasteiger partial charge on any atom is -0.396 e. The molecule has 0 radical (unpaired) electrons. The molecule has 1 rings (SSSR count). The van der Waals surface area contributed by atoms with E-state index in [0.29, 0.717) is 18.6 Å². The van der Waals surface area contributed by atoms with Crippen LogP contribution in [-0.2, 0) is 0 Å². The first-order valence-corrected chi connectivity index (χ1v) is 7.01. The van der Waals surface area contributed by atoms with Gasteiger partial charge in [-0.05, 0) is 43.2 Å². The summed E-state index contributed by atoms with van der Waals surface area (Å²) in [7, 11) is 0. The molecule has 0 bridgehead atoms. The van der Waals surface area contributed by atoms with E-state index in [2.05, 4.69) is 36.7 Å². The number of hydrogen-bond acceptors (Lipinski definition) is 3. The maximum Gasteiger partial charge on any atom is 0.0438 e. The first-order valence-electron chi connectivity index (χ1n) is 6.13. The Morgan fingerprint density at radius 3 is 2.69 bits per heavy atom. The van der Waals surface area contributed by atoms with Crippen LogP contribution in [0.25, 0.3) is 0 Å². The fourth-order valence-corrected chi connectivity index (χ4v) is 2.78. The van der Waals surface area contributed by atoms with Crippen LogP contribution in [-0.4, -0.2) is 18.3 Å². The second-order valence-corrected chi connectivity index (χ2v) is 5.45. The van der Waals surface area contributed by atoms with E-state index in [1.165, 1.54) is 4.88 Å². The summed E-state index contributed by atoms with van der Waals surface area (Å²) in [6.45, 7) is 5.87. The summed E-state index contributed by atoms with van der Waals surface area (Å²) in [6.07, 6.45) is 3.18. The lowest BCUT2D eigenvalue weighted by molar-refractivity contribution is 0.281. The van der Waals surface area contributed by atoms with E-state index in [1.807, 2.05) is 11.3 Å². The summed E-state index contributed by atoms with van der Waals surface area (Å²) in [4.78, 5) is 1.43. The molecule has 0 aliphatic carbocycles. The first-order chi connectivity index (χ1) is 7.75. The van der Waals surface area contributed by atoms with Gasteiger partial charge in [-0.2, -0.15) is 0 Å². The molecule has 0 aromatic carbocycles. The lowest BCUT2D eigenvalue weighted by atomic mass is 10.0. The van der Waals surface area contributed by atoms with Crippen molar-refractivity contribution in [1.29, 1.82) is 0 Å². The van der Waals surface area contributed by atoms with Crippen LogP contribution in [0.2, 0.25) is 0 Å². The van der Waals surface area contributed by atoms with Crippen molar-refractivity contribution in [3.8, 4) is 0 Å². The molecule has 0 saturated heterocycles. The third-order valence-electron chi connectivity index (χ3n) is 2.72. The minimum atomic E-state index is 0.318. The SMILES string of the molecule is CC(C)C(NCCCCCO)c1cccs1. The Balaban J connectivity index is 2.30. The molecule has 16 heavy (non-hydrogen) atoms. The summed E-state index contributed by atoms with van der Waals surface area (Å²) in [5.74, 6) is 0.622. The van der Waals surface area contributed by atoms with Crippen molar-refractivity contribution in [2.75, 3.05) is 13.2 Å². The van der Waals surface area contributed by atoms with Crippen LogP contribution >= 0.6 is 11.3 Å². The van der Waals surface area contributed by atoms with Crippen molar-refractivity contribution in [3.05, 3.63) is 22.4 Å². The summed E-state index contributed by atoms with van der Waals surface area (Å²) >= 11 is 1.83. The fourth-order valence-electron chi connectivity index (χ4n) is 1.80. The van der Waals surface area contributed by atoms with Crippen LogP contribution in [0.3, 0.4) is 0 Å². The van der Waals surface area contributed by atoms with Crippen LogP contribution in [0.5, 0.6) is 0 Å². The second kappa shape index (κ2) is 7.82. The normalized spacial score (nSPS) is 13.2. The first kappa shape index (κ1) is 13.7. The molecule has 0 saturated carbocycles. The van der Waals surface area contributed by atoms with E-state index in [1.54, 1.807) is 0 Å². The highest BCUT2D eigenvalue weighted by Crippen LogP contribution is 2.25. The van der Waals surface area contributed by atoms with Gasteiger partial charge in [-0.3, -0.25) is 0 Å². The van der Waals surface area contributed by atoms with Crippen LogP contribution < -0.4 is 5.32 Å². The number of rotatable bonds is 8. The van der Waals surface area contributed by atoms with Gasteiger partial charge in [-0.1, -0.05) is 19.9 Å². The molecular formula is C13H23NOS. The molecule has 1 aromatic rings. The van der Waals surface area contributed by atoms with Gasteiger partial charge in [0.05, 0.1) is 0 Å². The van der Waals surface area contributed by atoms with E-state index in [4.69, 9.17) is 5.11 Å². The molecule has 0 aliphatic heterocycles. The average molecular weight is 241 g/mol. The van der Waals surface area contributed by atoms with Crippen LogP contribution in [0.15, 0.2) is 17.5 Å². The predicted octanol–water partition coefficient (Wildman–Crippen LogP) is 3.20. The lowest BCUT2D eigenvalue weighted by Gasteiger charge is -2.21. The zero-order valence-corrected chi connectivity index (χ0v) is 11.1. The molecule has 1 aromatic heterocycles. The molecule has 3 heteroatoms. The Kier molecular flexibility index (Phi) is 6.69. The van der Waals surface area contributed by atoms with Crippen molar-refractivity contribution in [2.45, 2.75) is 39.2 Å². The second-order valence-electron chi connectivity index (χ2n) is 4.48. The van der Waals surface area contributed by atoms with Crippen molar-refractivity contribution in [3.63, 3.8) is 0 Å². The summed E-state index contributed by atoms with van der Waals surface area (Å²) < 4.78 is 0. The molecule has 92 valence electrons. The molecule has 0 spiro atoms. The highest BCUT2D eigenvalue weighted by molar-refractivity contribution is 7.10. The monoisotopic (exact) mass is 241 g/mol. The van der Waals surface area contributed by atoms with Crippen LogP contribution in [0.1, 0.15) is 44.0 Å². The van der Waals surface area contributed by atoms with Gasteiger partial charge >= 0.3 is 0 Å². The van der Waals surface area contributed by atoms with Gasteiger partial charge in [-0.25, -0.2) is 0 Å². The molecule has 1 heterocycles. The molecule has 0 amide bonds. The Morgan fingerprint density at radius 2 is 2.12 bits per heavy atom. The molecule has 2 nitrogen and oxygen atoms in total. The van der Waals surface area contributed by atoms with Gasteiger partial charge in [0.25, 0.3) is 0 Å². The Labute approximate surface area is 103 Å². The third kappa shape index (κ3) is 4.64. The largest absolute Gasteiger partial charge is 0.396 e. The minimum absolute atomic E-state index is 0.318. The van der Waals surface area contributed by atoms with E-state index < -0.39 is 0 Å². The molecule has 1 atom stereocenters. The smallest absolute Gasteiger partial charge is 0.0438 e. The van der Waals surface area contributed by atoms with Crippen molar-refractivity contribution < 1.29 is 5.11 Å². The Bertz CT molecular complexity index is 259. The maximum atomic E-state index is 8.69. The van der Waals surface area contributed by atoms with Crippen LogP contribution in [0, 0.1) is 5.92 Å². The van der Waals surface area contributed by atoms with Gasteiger partial charge in [-0.15, -0.1) is 11.3 Å². The van der Waals surface area contributed by atoms with Gasteiger partial charge in [0.2, 0.25) is 0 Å². The summed E-state index contributed by atoms with van der Waals surface area (Å²) in [5, 5.41) is 14.4. The van der Waals surface area contributed by atoms with Gasteiger partial charge < -0.3 is 10.4 Å². The Hall–Kier alpha value is -0.380. The number of hydrogen-bond donors (Lipinski definition) is 2. The number of aliphatic hydroxyl groups excluding tert-OH is 1. The zero-order chi connectivity index (χ0) is 11.8. The van der Waals surface area contributed by atoms with E-state index in [-0.39, 0.29) is 0 Å². The van der Waals surface area contributed by atoms with E-state index >= 15 is 0 Å². The maximum absolute atomic E-state index is 8.69. The van der Waals surface area contributed by atoms with Crippen LogP contribution in [0.4, 0.5) is 0 Å². The van der Waals surface area contributed by atoms with Crippen molar-refractivity contribution >= 4 is 11.3 Å². The predicted molar refractivity (Wildman–Crippen MR) is 70.8 cm³/mol. The number of aliphatic hydroxyl groups is 1. The van der Waals surface area contributed by atoms with Gasteiger partial charge in [0, 0.05) is 17.5 Å². The Morgan fingerprint density at radius 1 is 1.31 bits per heavy atom. The van der Waals surface area contributed by atoms with E-state index in [9.17, 15) is 0 Å². The van der Waals surface area contributed by atoms with Gasteiger partial charge in [0.15, 0.2) is 0 Å². The van der Waals surface area contributed by atoms with Crippen molar-refractivity contribution in [2.24, 2.45) is 5.92 Å². The standard InChI is InChI=1S/C13H23NOS/c1-11(2)13(12-7-6-10-16-12)14-8-4-3-5-9-15/h6-7,10-11,13-15H,3-5,8-9H2,1-2H3.